The number of carbonyl (C=O) groups excluding carboxylic acids is 1. The Morgan fingerprint density at radius 1 is 1.28 bits per heavy atom. The van der Waals surface area contributed by atoms with Gasteiger partial charge in [-0.25, -0.2) is 13.2 Å². The lowest BCUT2D eigenvalue weighted by Crippen LogP contribution is -2.36. The molecule has 0 saturated heterocycles. The van der Waals surface area contributed by atoms with Gasteiger partial charge in [0.2, 0.25) is 11.8 Å². The van der Waals surface area contributed by atoms with Gasteiger partial charge in [-0.2, -0.15) is 9.37 Å². The zero-order valence-electron chi connectivity index (χ0n) is 16.8. The minimum atomic E-state index is -3.88. The smallest absolute Gasteiger partial charge is 0.337 e. The summed E-state index contributed by atoms with van der Waals surface area (Å²) in [6.45, 7) is 0.394. The number of carbonyl (C=O) groups is 1. The van der Waals surface area contributed by atoms with Gasteiger partial charge in [-0.1, -0.05) is 23.7 Å². The van der Waals surface area contributed by atoms with Crippen LogP contribution in [0, 0.1) is 5.95 Å². The van der Waals surface area contributed by atoms with Gasteiger partial charge in [0.05, 0.1) is 18.4 Å². The van der Waals surface area contributed by atoms with Crippen LogP contribution < -0.4 is 9.64 Å². The second-order valence-electron chi connectivity index (χ2n) is 6.92. The molecule has 4 rings (SSSR count). The Bertz CT molecular complexity index is 1290. The normalized spacial score (nSPS) is 14.5. The highest BCUT2D eigenvalue weighted by atomic mass is 35.5. The van der Waals surface area contributed by atoms with Crippen molar-refractivity contribution in [3.8, 4) is 11.6 Å². The first kappa shape index (κ1) is 22.0. The van der Waals surface area contributed by atoms with Crippen molar-refractivity contribution in [2.75, 3.05) is 24.3 Å². The average molecular weight is 478 g/mol. The lowest BCUT2D eigenvalue weighted by molar-refractivity contribution is 0.0600. The fourth-order valence-electron chi connectivity index (χ4n) is 3.35. The van der Waals surface area contributed by atoms with Crippen molar-refractivity contribution in [2.24, 2.45) is 0 Å². The second-order valence-corrected chi connectivity index (χ2v) is 9.35. The summed E-state index contributed by atoms with van der Waals surface area (Å²) in [5.41, 5.74) is 1.06. The first-order chi connectivity index (χ1) is 15.3. The van der Waals surface area contributed by atoms with Crippen LogP contribution in [-0.2, 0) is 21.1 Å². The van der Waals surface area contributed by atoms with Crippen molar-refractivity contribution in [1.82, 2.24) is 9.97 Å². The van der Waals surface area contributed by atoms with Gasteiger partial charge in [0.1, 0.15) is 21.4 Å². The number of hydrogen-bond donors (Lipinski definition) is 0. The number of ether oxygens (including phenoxy) is 2. The van der Waals surface area contributed by atoms with Crippen LogP contribution in [0.25, 0.3) is 0 Å². The standard InChI is InChI=1S/C21H17ClFN3O5S/c1-30-21(27)14-5-2-6-15(10-14)31-20-17-18(16(22)19(23)25-20)32(28,29)9-8-26(17)12-13-4-3-7-24-11-13/h2-7,10-11H,8-9,12H2,1H3. The molecule has 1 aromatic carbocycles. The van der Waals surface area contributed by atoms with Crippen molar-refractivity contribution in [2.45, 2.75) is 11.4 Å². The molecule has 0 spiro atoms. The predicted octanol–water partition coefficient (Wildman–Crippen LogP) is 3.64. The fraction of sp³-hybridized carbons (Fsp3) is 0.190. The first-order valence-corrected chi connectivity index (χ1v) is 11.4. The van der Waals surface area contributed by atoms with Crippen molar-refractivity contribution in [1.29, 1.82) is 0 Å². The molecule has 1 aliphatic heterocycles. The molecule has 0 aliphatic carbocycles. The number of rotatable bonds is 5. The molecule has 3 heterocycles. The van der Waals surface area contributed by atoms with Gasteiger partial charge < -0.3 is 14.4 Å². The molecule has 1 aliphatic rings. The van der Waals surface area contributed by atoms with E-state index in [1.54, 1.807) is 29.4 Å². The molecule has 0 fully saturated rings. The third-order valence-corrected chi connectivity index (χ3v) is 7.02. The molecular weight excluding hydrogens is 461 g/mol. The van der Waals surface area contributed by atoms with Gasteiger partial charge in [-0.15, -0.1) is 0 Å². The van der Waals surface area contributed by atoms with Crippen molar-refractivity contribution in [3.05, 3.63) is 70.9 Å². The Morgan fingerprint density at radius 2 is 2.09 bits per heavy atom. The number of methoxy groups -OCH3 is 1. The summed E-state index contributed by atoms with van der Waals surface area (Å²) in [6, 6.07) is 9.55. The summed E-state index contributed by atoms with van der Waals surface area (Å²) < 4.78 is 50.6. The number of benzene rings is 1. The molecule has 0 radical (unpaired) electrons. The van der Waals surface area contributed by atoms with E-state index >= 15 is 0 Å². The molecule has 0 saturated carbocycles. The summed E-state index contributed by atoms with van der Waals surface area (Å²) in [6.07, 6.45) is 3.26. The number of sulfone groups is 1. The predicted molar refractivity (Wildman–Crippen MR) is 114 cm³/mol. The number of aromatic nitrogens is 2. The number of hydrogen-bond acceptors (Lipinski definition) is 8. The summed E-state index contributed by atoms with van der Waals surface area (Å²) in [7, 11) is -2.64. The first-order valence-electron chi connectivity index (χ1n) is 9.42. The molecule has 0 atom stereocenters. The zero-order valence-corrected chi connectivity index (χ0v) is 18.4. The molecule has 0 bridgehead atoms. The van der Waals surface area contributed by atoms with Crippen LogP contribution in [0.3, 0.4) is 0 Å². The van der Waals surface area contributed by atoms with Gasteiger partial charge in [-0.3, -0.25) is 4.98 Å². The van der Waals surface area contributed by atoms with Gasteiger partial charge in [0, 0.05) is 25.5 Å². The monoisotopic (exact) mass is 477 g/mol. The highest BCUT2D eigenvalue weighted by Gasteiger charge is 2.37. The van der Waals surface area contributed by atoms with E-state index in [-0.39, 0.29) is 46.6 Å². The average Bonchev–Trinajstić information content (AvgIpc) is 2.78. The maximum Gasteiger partial charge on any atom is 0.337 e. The van der Waals surface area contributed by atoms with E-state index in [1.807, 2.05) is 6.07 Å². The van der Waals surface area contributed by atoms with E-state index in [4.69, 9.17) is 21.1 Å². The SMILES string of the molecule is COC(=O)c1cccc(Oc2nc(F)c(Cl)c3c2N(Cc2cccnc2)CCS3(=O)=O)c1. The number of pyridine rings is 2. The molecule has 0 N–H and O–H groups in total. The van der Waals surface area contributed by atoms with Crippen LogP contribution in [0.5, 0.6) is 11.6 Å². The summed E-state index contributed by atoms with van der Waals surface area (Å²) >= 11 is 6.05. The molecule has 0 amide bonds. The van der Waals surface area contributed by atoms with E-state index in [9.17, 15) is 17.6 Å². The van der Waals surface area contributed by atoms with Gasteiger partial charge in [-0.05, 0) is 29.8 Å². The van der Waals surface area contributed by atoms with Crippen LogP contribution >= 0.6 is 11.6 Å². The number of esters is 1. The third kappa shape index (κ3) is 4.23. The topological polar surface area (TPSA) is 98.7 Å². The van der Waals surface area contributed by atoms with E-state index in [0.29, 0.717) is 0 Å². The summed E-state index contributed by atoms with van der Waals surface area (Å²) in [5.74, 6) is -2.14. The maximum absolute atomic E-state index is 14.5. The minimum absolute atomic E-state index is 0.0509. The number of halogens is 2. The van der Waals surface area contributed by atoms with Crippen molar-refractivity contribution in [3.63, 3.8) is 0 Å². The van der Waals surface area contributed by atoms with Gasteiger partial charge >= 0.3 is 5.97 Å². The Kier molecular flexibility index (Phi) is 5.98. The van der Waals surface area contributed by atoms with E-state index in [0.717, 1.165) is 5.56 Å². The summed E-state index contributed by atoms with van der Waals surface area (Å²) in [4.78, 5) is 21.0. The highest BCUT2D eigenvalue weighted by molar-refractivity contribution is 7.91. The lowest BCUT2D eigenvalue weighted by atomic mass is 10.2. The van der Waals surface area contributed by atoms with E-state index in [1.165, 1.54) is 25.3 Å². The maximum atomic E-state index is 14.5. The van der Waals surface area contributed by atoms with Gasteiger partial charge in [0.15, 0.2) is 9.84 Å². The molecule has 2 aromatic heterocycles. The zero-order chi connectivity index (χ0) is 22.9. The van der Waals surface area contributed by atoms with Crippen LogP contribution in [0.2, 0.25) is 5.02 Å². The number of anilines is 1. The lowest BCUT2D eigenvalue weighted by Gasteiger charge is -2.32. The highest BCUT2D eigenvalue weighted by Crippen LogP contribution is 2.44. The molecule has 0 unspecified atom stereocenters. The van der Waals surface area contributed by atoms with Crippen LogP contribution in [0.15, 0.2) is 53.7 Å². The van der Waals surface area contributed by atoms with Crippen molar-refractivity contribution < 1.29 is 27.1 Å². The third-order valence-electron chi connectivity index (χ3n) is 4.82. The molecule has 166 valence electrons. The molecule has 11 heteroatoms. The van der Waals surface area contributed by atoms with E-state index in [2.05, 4.69) is 9.97 Å². The fourth-order valence-corrected chi connectivity index (χ4v) is 5.37. The summed E-state index contributed by atoms with van der Waals surface area (Å²) in [5, 5.41) is -0.591. The van der Waals surface area contributed by atoms with Crippen LogP contribution in [0.1, 0.15) is 15.9 Å². The van der Waals surface area contributed by atoms with Crippen LogP contribution in [0.4, 0.5) is 10.1 Å². The second kappa shape index (κ2) is 8.71. The Balaban J connectivity index is 1.83. The van der Waals surface area contributed by atoms with Crippen LogP contribution in [-0.4, -0.2) is 43.8 Å². The number of fused-ring (bicyclic) bond motifs is 1. The molecular formula is C21H17ClFN3O5S. The van der Waals surface area contributed by atoms with Crippen molar-refractivity contribution >= 4 is 33.1 Å². The quantitative estimate of drug-likeness (QED) is 0.405. The Morgan fingerprint density at radius 3 is 2.81 bits per heavy atom. The molecule has 8 nitrogen and oxygen atoms in total. The van der Waals surface area contributed by atoms with Gasteiger partial charge in [0.25, 0.3) is 0 Å². The molecule has 3 aromatic rings. The molecule has 32 heavy (non-hydrogen) atoms. The Hall–Kier alpha value is -3.24. The Labute approximate surface area is 188 Å². The number of nitrogens with zero attached hydrogens (tertiary/aromatic N) is 3. The largest absolute Gasteiger partial charge is 0.465 e. The van der Waals surface area contributed by atoms with E-state index < -0.39 is 26.8 Å². The minimum Gasteiger partial charge on any atom is -0.465 e.